The fourth-order valence-corrected chi connectivity index (χ4v) is 5.64. The lowest BCUT2D eigenvalue weighted by Crippen LogP contribution is -2.58. The number of aromatic hydroxyl groups is 1. The van der Waals surface area contributed by atoms with Crippen molar-refractivity contribution in [2.45, 2.75) is 88.0 Å². The van der Waals surface area contributed by atoms with Gasteiger partial charge >= 0.3 is 11.9 Å². The number of rotatable bonds is 21. The number of unbranched alkanes of at least 4 members (excludes halogenated alkanes) is 1. The monoisotopic (exact) mass is 729 g/mol. The number of likely N-dealkylation sites (tertiary alicyclic amines) is 1. The summed E-state index contributed by atoms with van der Waals surface area (Å²) in [5.74, 6) is -5.95. The molecule has 0 bridgehead atoms. The van der Waals surface area contributed by atoms with Crippen LogP contribution < -0.4 is 32.7 Å². The lowest BCUT2D eigenvalue weighted by molar-refractivity contribution is -0.143. The first-order chi connectivity index (χ1) is 24.8. The standard InChI is InChI=1S/C33H47N9O10/c34-12-2-1-4-23(33(51)52)40-30(48)24(15-20-16-36-18-38-20)41-31(49)26-5-3-13-42(26)32(50)25(14-19-6-8-21(43)9-7-19)39-27(44)17-37-29(47)22(35)10-11-28(45)46/h6-9,16,18,22-26,43H,1-5,10-15,17,34-35H2,(H,36,38)(H,37,47)(H,39,44)(H,40,48)(H,41,49)(H,45,46)(H,51,52)/t22-,23-,24-,25-,26-/m0/s1. The molecule has 1 saturated heterocycles. The van der Waals surface area contributed by atoms with Gasteiger partial charge in [-0.15, -0.1) is 0 Å². The Balaban J connectivity index is 1.76. The van der Waals surface area contributed by atoms with Gasteiger partial charge in [-0.3, -0.25) is 28.8 Å². The number of aromatic nitrogens is 2. The molecule has 1 aliphatic heterocycles. The molecule has 52 heavy (non-hydrogen) atoms. The molecule has 1 aromatic heterocycles. The van der Waals surface area contributed by atoms with E-state index in [2.05, 4.69) is 31.2 Å². The summed E-state index contributed by atoms with van der Waals surface area (Å²) in [6.45, 7) is -0.0686. The zero-order valence-electron chi connectivity index (χ0n) is 28.6. The predicted octanol–water partition coefficient (Wildman–Crippen LogP) is -2.13. The van der Waals surface area contributed by atoms with Crippen LogP contribution in [-0.2, 0) is 46.4 Å². The van der Waals surface area contributed by atoms with Gasteiger partial charge in [-0.05, 0) is 62.8 Å². The summed E-state index contributed by atoms with van der Waals surface area (Å²) in [5.41, 5.74) is 12.3. The first-order valence-corrected chi connectivity index (χ1v) is 16.9. The lowest BCUT2D eigenvalue weighted by atomic mass is 10.0. The summed E-state index contributed by atoms with van der Waals surface area (Å²) >= 11 is 0. The number of carbonyl (C=O) groups is 7. The molecule has 0 saturated carbocycles. The number of imidazole rings is 1. The van der Waals surface area contributed by atoms with Crippen LogP contribution in [0.25, 0.3) is 0 Å². The van der Waals surface area contributed by atoms with E-state index in [0.29, 0.717) is 37.1 Å². The summed E-state index contributed by atoms with van der Waals surface area (Å²) in [4.78, 5) is 97.2. The van der Waals surface area contributed by atoms with Crippen molar-refractivity contribution < 1.29 is 48.9 Å². The zero-order valence-corrected chi connectivity index (χ0v) is 28.6. The molecule has 3 rings (SSSR count). The molecule has 19 nitrogen and oxygen atoms in total. The second-order valence-corrected chi connectivity index (χ2v) is 12.5. The minimum atomic E-state index is -1.24. The van der Waals surface area contributed by atoms with Gasteiger partial charge in [0.15, 0.2) is 0 Å². The van der Waals surface area contributed by atoms with Crippen molar-refractivity contribution >= 4 is 41.5 Å². The van der Waals surface area contributed by atoms with Gasteiger partial charge in [-0.1, -0.05) is 12.1 Å². The highest BCUT2D eigenvalue weighted by atomic mass is 16.4. The molecule has 0 spiro atoms. The normalized spacial score (nSPS) is 16.2. The quantitative estimate of drug-likeness (QED) is 0.0615. The van der Waals surface area contributed by atoms with Gasteiger partial charge in [0.2, 0.25) is 29.5 Å². The number of phenolic OH excluding ortho intramolecular Hbond substituents is 1. The van der Waals surface area contributed by atoms with Crippen LogP contribution in [0.2, 0.25) is 0 Å². The van der Waals surface area contributed by atoms with E-state index >= 15 is 0 Å². The molecule has 0 radical (unpaired) electrons. The maximum Gasteiger partial charge on any atom is 0.326 e. The molecule has 2 heterocycles. The number of phenols is 1. The lowest BCUT2D eigenvalue weighted by Gasteiger charge is -2.30. The molecule has 1 aliphatic rings. The van der Waals surface area contributed by atoms with E-state index in [9.17, 15) is 43.8 Å². The molecule has 12 N–H and O–H groups in total. The number of nitrogens with zero attached hydrogens (tertiary/aromatic N) is 2. The van der Waals surface area contributed by atoms with E-state index < -0.39 is 78.2 Å². The van der Waals surface area contributed by atoms with Crippen LogP contribution >= 0.6 is 0 Å². The second kappa shape index (κ2) is 20.3. The largest absolute Gasteiger partial charge is 0.508 e. The third-order valence-electron chi connectivity index (χ3n) is 8.45. The summed E-state index contributed by atoms with van der Waals surface area (Å²) in [5, 5.41) is 38.3. The van der Waals surface area contributed by atoms with Crippen molar-refractivity contribution in [3.63, 3.8) is 0 Å². The van der Waals surface area contributed by atoms with Gasteiger partial charge in [0.1, 0.15) is 29.9 Å². The number of carboxylic acids is 2. The van der Waals surface area contributed by atoms with E-state index in [1.54, 1.807) is 12.1 Å². The molecular formula is C33H47N9O10. The molecule has 5 amide bonds. The van der Waals surface area contributed by atoms with Crippen LogP contribution in [0.1, 0.15) is 56.2 Å². The minimum absolute atomic E-state index is 0.0205. The number of carboxylic acid groups (broad SMARTS) is 2. The van der Waals surface area contributed by atoms with Crippen LogP contribution in [-0.4, -0.2) is 122 Å². The average Bonchev–Trinajstić information content (AvgIpc) is 3.82. The van der Waals surface area contributed by atoms with Crippen LogP contribution in [0, 0.1) is 0 Å². The number of aromatic amines is 1. The molecule has 1 aromatic carbocycles. The molecular weight excluding hydrogens is 682 g/mol. The number of nitrogens with two attached hydrogens (primary N) is 2. The van der Waals surface area contributed by atoms with Crippen molar-refractivity contribution in [1.29, 1.82) is 0 Å². The van der Waals surface area contributed by atoms with E-state index in [1.165, 1.54) is 29.6 Å². The maximum absolute atomic E-state index is 14.0. The van der Waals surface area contributed by atoms with Crippen molar-refractivity contribution in [3.05, 3.63) is 48.0 Å². The average molecular weight is 730 g/mol. The Morgan fingerprint density at radius 1 is 0.923 bits per heavy atom. The molecule has 5 atom stereocenters. The number of benzene rings is 1. The third kappa shape index (κ3) is 13.0. The van der Waals surface area contributed by atoms with Gasteiger partial charge in [0, 0.05) is 37.7 Å². The van der Waals surface area contributed by atoms with E-state index in [-0.39, 0.29) is 50.8 Å². The van der Waals surface area contributed by atoms with Crippen molar-refractivity contribution in [2.24, 2.45) is 11.5 Å². The van der Waals surface area contributed by atoms with Gasteiger partial charge in [0.05, 0.1) is 18.9 Å². The van der Waals surface area contributed by atoms with Crippen molar-refractivity contribution in [2.75, 3.05) is 19.6 Å². The summed E-state index contributed by atoms with van der Waals surface area (Å²) < 4.78 is 0. The molecule has 284 valence electrons. The van der Waals surface area contributed by atoms with Crippen LogP contribution in [0.3, 0.4) is 0 Å². The number of hydrogen-bond acceptors (Lipinski definition) is 11. The Morgan fingerprint density at radius 3 is 2.29 bits per heavy atom. The molecule has 1 fully saturated rings. The molecule has 2 aromatic rings. The van der Waals surface area contributed by atoms with E-state index in [1.807, 2.05) is 0 Å². The number of H-pyrrole nitrogens is 1. The molecule has 0 aliphatic carbocycles. The van der Waals surface area contributed by atoms with Crippen LogP contribution in [0.4, 0.5) is 0 Å². The smallest absolute Gasteiger partial charge is 0.326 e. The highest BCUT2D eigenvalue weighted by molar-refractivity contribution is 5.96. The minimum Gasteiger partial charge on any atom is -0.508 e. The van der Waals surface area contributed by atoms with Crippen LogP contribution in [0.5, 0.6) is 5.75 Å². The van der Waals surface area contributed by atoms with E-state index in [0.717, 1.165) is 0 Å². The van der Waals surface area contributed by atoms with Crippen molar-refractivity contribution in [1.82, 2.24) is 36.1 Å². The number of hydrogen-bond donors (Lipinski definition) is 10. The first-order valence-electron chi connectivity index (χ1n) is 16.9. The van der Waals surface area contributed by atoms with Gasteiger partial charge in [0.25, 0.3) is 0 Å². The number of amides is 5. The zero-order chi connectivity index (χ0) is 38.2. The summed E-state index contributed by atoms with van der Waals surface area (Å²) in [6, 6.07) is 0.0128. The third-order valence-corrected chi connectivity index (χ3v) is 8.45. The summed E-state index contributed by atoms with van der Waals surface area (Å²) in [7, 11) is 0. The highest BCUT2D eigenvalue weighted by Crippen LogP contribution is 2.21. The maximum atomic E-state index is 14.0. The fourth-order valence-electron chi connectivity index (χ4n) is 5.64. The Morgan fingerprint density at radius 2 is 1.65 bits per heavy atom. The number of aliphatic carboxylic acids is 2. The van der Waals surface area contributed by atoms with Gasteiger partial charge < -0.3 is 57.9 Å². The van der Waals surface area contributed by atoms with Crippen LogP contribution in [0.15, 0.2) is 36.8 Å². The Kier molecular flexibility index (Phi) is 16.0. The fraction of sp³-hybridized carbons (Fsp3) is 0.515. The number of nitrogens with one attached hydrogen (secondary N) is 5. The predicted molar refractivity (Wildman–Crippen MR) is 183 cm³/mol. The molecule has 19 heteroatoms. The SMILES string of the molecule is NCCCC[C@H](NC(=O)[C@H](Cc1cnc[nH]1)NC(=O)[C@@H]1CCCN1C(=O)[C@H](Cc1ccc(O)cc1)NC(=O)CNC(=O)[C@@H](N)CCC(=O)O)C(=O)O. The Hall–Kier alpha value is -5.56. The number of carbonyl (C=O) groups excluding carboxylic acids is 5. The van der Waals surface area contributed by atoms with E-state index in [4.69, 9.17) is 16.6 Å². The summed E-state index contributed by atoms with van der Waals surface area (Å²) in [6.07, 6.45) is 4.04. The highest BCUT2D eigenvalue weighted by Gasteiger charge is 2.39. The Labute approximate surface area is 299 Å². The topological polar surface area (TPSA) is 312 Å². The first kappa shape index (κ1) is 40.9. The van der Waals surface area contributed by atoms with Crippen molar-refractivity contribution in [3.8, 4) is 5.75 Å². The van der Waals surface area contributed by atoms with Gasteiger partial charge in [-0.2, -0.15) is 0 Å². The second-order valence-electron chi connectivity index (χ2n) is 12.5. The molecule has 0 unspecified atom stereocenters. The van der Waals surface area contributed by atoms with Gasteiger partial charge in [-0.25, -0.2) is 9.78 Å². The Bertz CT molecular complexity index is 1540.